The minimum atomic E-state index is 0.838. The van der Waals surface area contributed by atoms with Crippen LogP contribution >= 0.6 is 0 Å². The van der Waals surface area contributed by atoms with E-state index in [0.29, 0.717) is 0 Å². The largest absolute Gasteiger partial charge is 0.379 e. The lowest BCUT2D eigenvalue weighted by atomic mass is 10.1. The Labute approximate surface area is 101 Å². The number of pyridine rings is 1. The number of fused-ring (bicyclic) bond motifs is 1. The van der Waals surface area contributed by atoms with Crippen molar-refractivity contribution in [1.82, 2.24) is 9.88 Å². The smallest absolute Gasteiger partial charge is 0.0622 e. The predicted octanol–water partition coefficient (Wildman–Crippen LogP) is 2.07. The molecule has 88 valence electrons. The highest BCUT2D eigenvalue weighted by Crippen LogP contribution is 2.18. The van der Waals surface area contributed by atoms with E-state index in [2.05, 4.69) is 40.2 Å². The Morgan fingerprint density at radius 2 is 1.94 bits per heavy atom. The number of hydrogen-bond acceptors (Lipinski definition) is 3. The normalized spacial score (nSPS) is 17.4. The molecule has 0 unspecified atom stereocenters. The van der Waals surface area contributed by atoms with Crippen LogP contribution in [0.4, 0.5) is 0 Å². The van der Waals surface area contributed by atoms with Crippen LogP contribution in [0.1, 0.15) is 5.69 Å². The van der Waals surface area contributed by atoms with Gasteiger partial charge >= 0.3 is 0 Å². The molecular formula is C14H16N2O. The third kappa shape index (κ3) is 2.30. The van der Waals surface area contributed by atoms with Crippen molar-refractivity contribution in [2.75, 3.05) is 26.3 Å². The van der Waals surface area contributed by atoms with Crippen LogP contribution in [0.5, 0.6) is 0 Å². The van der Waals surface area contributed by atoms with Crippen molar-refractivity contribution in [3.05, 3.63) is 42.2 Å². The minimum absolute atomic E-state index is 0.838. The average molecular weight is 228 g/mol. The molecule has 0 radical (unpaired) electrons. The zero-order valence-corrected chi connectivity index (χ0v) is 9.80. The van der Waals surface area contributed by atoms with Gasteiger partial charge in [0.15, 0.2) is 0 Å². The van der Waals surface area contributed by atoms with Crippen LogP contribution in [0.15, 0.2) is 36.5 Å². The molecule has 3 nitrogen and oxygen atoms in total. The fourth-order valence-electron chi connectivity index (χ4n) is 2.28. The van der Waals surface area contributed by atoms with Crippen LogP contribution in [-0.4, -0.2) is 36.2 Å². The summed E-state index contributed by atoms with van der Waals surface area (Å²) in [5, 5.41) is 2.53. The molecule has 0 amide bonds. The van der Waals surface area contributed by atoms with Gasteiger partial charge < -0.3 is 4.74 Å². The maximum absolute atomic E-state index is 5.36. The summed E-state index contributed by atoms with van der Waals surface area (Å²) < 4.78 is 5.36. The molecule has 1 aliphatic heterocycles. The van der Waals surface area contributed by atoms with E-state index < -0.39 is 0 Å². The topological polar surface area (TPSA) is 25.4 Å². The number of ether oxygens (including phenoxy) is 1. The molecule has 3 heteroatoms. The molecule has 0 spiro atoms. The monoisotopic (exact) mass is 228 g/mol. The molecule has 0 saturated carbocycles. The molecule has 1 aliphatic rings. The summed E-state index contributed by atoms with van der Waals surface area (Å²) in [6, 6.07) is 10.5. The van der Waals surface area contributed by atoms with Gasteiger partial charge in [0.25, 0.3) is 0 Å². The van der Waals surface area contributed by atoms with Crippen molar-refractivity contribution in [1.29, 1.82) is 0 Å². The Morgan fingerprint density at radius 3 is 2.82 bits per heavy atom. The third-order valence-corrected chi connectivity index (χ3v) is 3.23. The van der Waals surface area contributed by atoms with Gasteiger partial charge in [-0.3, -0.25) is 9.88 Å². The van der Waals surface area contributed by atoms with Crippen LogP contribution in [0.3, 0.4) is 0 Å². The molecule has 1 aromatic heterocycles. The summed E-state index contributed by atoms with van der Waals surface area (Å²) in [7, 11) is 0. The van der Waals surface area contributed by atoms with E-state index in [1.807, 2.05) is 6.20 Å². The molecule has 1 saturated heterocycles. The highest BCUT2D eigenvalue weighted by atomic mass is 16.5. The van der Waals surface area contributed by atoms with E-state index in [-0.39, 0.29) is 0 Å². The number of morpholine rings is 1. The van der Waals surface area contributed by atoms with E-state index in [4.69, 9.17) is 4.74 Å². The lowest BCUT2D eigenvalue weighted by Crippen LogP contribution is -2.35. The lowest BCUT2D eigenvalue weighted by Gasteiger charge is -2.26. The Hall–Kier alpha value is -1.45. The Morgan fingerprint density at radius 1 is 1.12 bits per heavy atom. The summed E-state index contributed by atoms with van der Waals surface area (Å²) in [4.78, 5) is 6.92. The average Bonchev–Trinajstić information content (AvgIpc) is 2.40. The standard InChI is InChI=1S/C14H16N2O/c1-2-4-13-12(3-1)5-6-15-14(13)11-16-7-9-17-10-8-16/h1-6H,7-11H2. The maximum atomic E-state index is 5.36. The minimum Gasteiger partial charge on any atom is -0.379 e. The van der Waals surface area contributed by atoms with Gasteiger partial charge in [-0.15, -0.1) is 0 Å². The fraction of sp³-hybridized carbons (Fsp3) is 0.357. The van der Waals surface area contributed by atoms with Gasteiger partial charge in [0.1, 0.15) is 0 Å². The molecule has 17 heavy (non-hydrogen) atoms. The molecule has 0 atom stereocenters. The van der Waals surface area contributed by atoms with E-state index in [0.717, 1.165) is 32.8 Å². The first-order chi connectivity index (χ1) is 8.43. The molecule has 2 aromatic rings. The highest BCUT2D eigenvalue weighted by Gasteiger charge is 2.12. The molecular weight excluding hydrogens is 212 g/mol. The lowest BCUT2D eigenvalue weighted by molar-refractivity contribution is 0.0338. The molecule has 0 bridgehead atoms. The summed E-state index contributed by atoms with van der Waals surface area (Å²) in [5.74, 6) is 0. The number of benzene rings is 1. The van der Waals surface area contributed by atoms with Crippen molar-refractivity contribution in [2.45, 2.75) is 6.54 Å². The Balaban J connectivity index is 1.89. The zero-order valence-electron chi connectivity index (χ0n) is 9.80. The van der Waals surface area contributed by atoms with E-state index >= 15 is 0 Å². The van der Waals surface area contributed by atoms with Gasteiger partial charge in [-0.1, -0.05) is 24.3 Å². The molecule has 0 aliphatic carbocycles. The van der Waals surface area contributed by atoms with Gasteiger partial charge in [-0.05, 0) is 11.5 Å². The molecule has 1 aromatic carbocycles. The van der Waals surface area contributed by atoms with Crippen molar-refractivity contribution in [3.8, 4) is 0 Å². The second-order valence-corrected chi connectivity index (χ2v) is 4.37. The fourth-order valence-corrected chi connectivity index (χ4v) is 2.28. The van der Waals surface area contributed by atoms with Crippen molar-refractivity contribution in [3.63, 3.8) is 0 Å². The van der Waals surface area contributed by atoms with Crippen LogP contribution < -0.4 is 0 Å². The van der Waals surface area contributed by atoms with Gasteiger partial charge in [-0.25, -0.2) is 0 Å². The van der Waals surface area contributed by atoms with Crippen molar-refractivity contribution in [2.24, 2.45) is 0 Å². The van der Waals surface area contributed by atoms with Crippen LogP contribution in [-0.2, 0) is 11.3 Å². The summed E-state index contributed by atoms with van der Waals surface area (Å²) >= 11 is 0. The molecule has 1 fully saturated rings. The summed E-state index contributed by atoms with van der Waals surface area (Å²) in [5.41, 5.74) is 1.17. The number of aromatic nitrogens is 1. The number of rotatable bonds is 2. The third-order valence-electron chi connectivity index (χ3n) is 3.23. The first-order valence-corrected chi connectivity index (χ1v) is 6.06. The predicted molar refractivity (Wildman–Crippen MR) is 67.8 cm³/mol. The van der Waals surface area contributed by atoms with Crippen molar-refractivity contribution >= 4 is 10.8 Å². The van der Waals surface area contributed by atoms with Crippen LogP contribution in [0.25, 0.3) is 10.8 Å². The quantitative estimate of drug-likeness (QED) is 0.786. The SMILES string of the molecule is c1ccc2c(CN3CCOCC3)nccc2c1. The van der Waals surface area contributed by atoms with Crippen LogP contribution in [0.2, 0.25) is 0 Å². The molecule has 3 rings (SSSR count). The molecule has 2 heterocycles. The maximum Gasteiger partial charge on any atom is 0.0622 e. The first kappa shape index (κ1) is 10.7. The second-order valence-electron chi connectivity index (χ2n) is 4.37. The first-order valence-electron chi connectivity index (χ1n) is 6.06. The Kier molecular flexibility index (Phi) is 3.03. The molecule has 0 N–H and O–H groups in total. The van der Waals surface area contributed by atoms with E-state index in [1.54, 1.807) is 0 Å². The second kappa shape index (κ2) is 4.82. The number of hydrogen-bond donors (Lipinski definition) is 0. The summed E-state index contributed by atoms with van der Waals surface area (Å²) in [6.07, 6.45) is 1.90. The van der Waals surface area contributed by atoms with Crippen LogP contribution in [0, 0.1) is 0 Å². The number of nitrogens with zero attached hydrogens (tertiary/aromatic N) is 2. The summed E-state index contributed by atoms with van der Waals surface area (Å²) in [6.45, 7) is 4.61. The highest BCUT2D eigenvalue weighted by molar-refractivity contribution is 5.84. The van der Waals surface area contributed by atoms with Crippen molar-refractivity contribution < 1.29 is 4.74 Å². The Bertz CT molecular complexity index is 501. The van der Waals surface area contributed by atoms with Gasteiger partial charge in [0.05, 0.1) is 18.9 Å². The van der Waals surface area contributed by atoms with Gasteiger partial charge in [-0.2, -0.15) is 0 Å². The van der Waals surface area contributed by atoms with Gasteiger partial charge in [0.2, 0.25) is 0 Å². The van der Waals surface area contributed by atoms with Gasteiger partial charge in [0, 0.05) is 31.2 Å². The van der Waals surface area contributed by atoms with E-state index in [1.165, 1.54) is 16.5 Å². The van der Waals surface area contributed by atoms with E-state index in [9.17, 15) is 0 Å². The zero-order chi connectivity index (χ0) is 11.5.